The molecule has 7 heteroatoms. The number of amides is 2. The molecule has 0 radical (unpaired) electrons. The first-order chi connectivity index (χ1) is 16.8. The number of pyridine rings is 1. The fourth-order valence-corrected chi connectivity index (χ4v) is 3.83. The van der Waals surface area contributed by atoms with Crippen LogP contribution in [0.3, 0.4) is 0 Å². The third-order valence-corrected chi connectivity index (χ3v) is 5.67. The summed E-state index contributed by atoms with van der Waals surface area (Å²) < 4.78 is 1.80. The summed E-state index contributed by atoms with van der Waals surface area (Å²) in [5, 5.41) is 7.91. The van der Waals surface area contributed by atoms with E-state index in [1.54, 1.807) is 48.3 Å². The highest BCUT2D eigenvalue weighted by Crippen LogP contribution is 2.27. The molecule has 0 spiro atoms. The number of benzene rings is 2. The molecule has 4 rings (SSSR count). The molecule has 0 fully saturated rings. The van der Waals surface area contributed by atoms with E-state index >= 15 is 0 Å². The number of aromatic nitrogens is 3. The number of terminal acetylenes is 1. The summed E-state index contributed by atoms with van der Waals surface area (Å²) in [6, 6.07) is 16.8. The number of rotatable bonds is 6. The Morgan fingerprint density at radius 2 is 1.89 bits per heavy atom. The van der Waals surface area contributed by atoms with Gasteiger partial charge in [-0.25, -0.2) is 9.67 Å². The highest BCUT2D eigenvalue weighted by atomic mass is 16.2. The summed E-state index contributed by atoms with van der Waals surface area (Å²) in [7, 11) is 1.60. The van der Waals surface area contributed by atoms with Gasteiger partial charge < -0.3 is 10.2 Å². The van der Waals surface area contributed by atoms with Crippen molar-refractivity contribution in [3.8, 4) is 23.6 Å². The quantitative estimate of drug-likeness (QED) is 0.419. The molecule has 2 amide bonds. The minimum absolute atomic E-state index is 0.0681. The Bertz CT molecular complexity index is 1440. The number of likely N-dealkylation sites (N-methyl/N-ethyl adjacent to an activating group) is 1. The molecule has 0 saturated heterocycles. The highest BCUT2D eigenvalue weighted by Gasteiger charge is 2.22. The van der Waals surface area contributed by atoms with Crippen molar-refractivity contribution in [3.63, 3.8) is 0 Å². The van der Waals surface area contributed by atoms with E-state index in [-0.39, 0.29) is 24.4 Å². The third-order valence-electron chi connectivity index (χ3n) is 5.67. The predicted molar refractivity (Wildman–Crippen MR) is 138 cm³/mol. The van der Waals surface area contributed by atoms with Crippen LogP contribution < -0.4 is 5.32 Å². The van der Waals surface area contributed by atoms with E-state index in [0.717, 1.165) is 11.1 Å². The molecule has 0 aliphatic carbocycles. The van der Waals surface area contributed by atoms with E-state index < -0.39 is 0 Å². The van der Waals surface area contributed by atoms with Crippen molar-refractivity contribution in [2.24, 2.45) is 0 Å². The van der Waals surface area contributed by atoms with Gasteiger partial charge in [0.15, 0.2) is 5.65 Å². The number of nitrogens with zero attached hydrogens (tertiary/aromatic N) is 4. The van der Waals surface area contributed by atoms with Gasteiger partial charge in [0.25, 0.3) is 5.91 Å². The van der Waals surface area contributed by atoms with Gasteiger partial charge in [-0.2, -0.15) is 5.10 Å². The Morgan fingerprint density at radius 3 is 2.57 bits per heavy atom. The van der Waals surface area contributed by atoms with Gasteiger partial charge in [-0.3, -0.25) is 9.59 Å². The number of fused-ring (bicyclic) bond motifs is 1. The van der Waals surface area contributed by atoms with Crippen LogP contribution in [-0.4, -0.2) is 45.1 Å². The average Bonchev–Trinajstić information content (AvgIpc) is 3.28. The number of aryl methyl sites for hydroxylation is 1. The average molecular weight is 466 g/mol. The van der Waals surface area contributed by atoms with Crippen molar-refractivity contribution < 1.29 is 9.59 Å². The van der Waals surface area contributed by atoms with Crippen LogP contribution in [0.2, 0.25) is 0 Å². The first kappa shape index (κ1) is 23.7. The van der Waals surface area contributed by atoms with E-state index in [9.17, 15) is 9.59 Å². The molecule has 35 heavy (non-hydrogen) atoms. The molecule has 2 aromatic heterocycles. The molecule has 0 aliphatic rings. The van der Waals surface area contributed by atoms with Gasteiger partial charge in [-0.05, 0) is 45.0 Å². The summed E-state index contributed by atoms with van der Waals surface area (Å²) >= 11 is 0. The van der Waals surface area contributed by atoms with Gasteiger partial charge in [0.1, 0.15) is 0 Å². The summed E-state index contributed by atoms with van der Waals surface area (Å²) in [4.78, 5) is 32.4. The zero-order chi connectivity index (χ0) is 25.1. The van der Waals surface area contributed by atoms with Crippen molar-refractivity contribution in [3.05, 3.63) is 77.5 Å². The van der Waals surface area contributed by atoms with E-state index in [1.807, 2.05) is 45.0 Å². The van der Waals surface area contributed by atoms with Crippen molar-refractivity contribution in [1.29, 1.82) is 0 Å². The fraction of sp³-hybridized carbons (Fsp3) is 0.214. The first-order valence-corrected chi connectivity index (χ1v) is 11.3. The van der Waals surface area contributed by atoms with E-state index in [0.29, 0.717) is 33.5 Å². The number of nitrogens with one attached hydrogen (secondary N) is 1. The van der Waals surface area contributed by atoms with Crippen LogP contribution in [0.25, 0.3) is 22.3 Å². The molecule has 0 atom stereocenters. The molecule has 1 N–H and O–H groups in total. The molecule has 176 valence electrons. The smallest absolute Gasteiger partial charge is 0.254 e. The lowest BCUT2D eigenvalue weighted by atomic mass is 10.0. The molecule has 2 heterocycles. The van der Waals surface area contributed by atoms with Crippen molar-refractivity contribution in [1.82, 2.24) is 19.7 Å². The SMILES string of the molecule is C#Cc1cccc(NC(=O)CN(C)C(=O)c2cc(-c3ccc(C)cc3)nc3c2cnn3C(C)C)c1. The number of anilines is 1. The van der Waals surface area contributed by atoms with Crippen LogP contribution >= 0.6 is 0 Å². The Hall–Kier alpha value is -4.44. The maximum absolute atomic E-state index is 13.5. The Balaban J connectivity index is 1.65. The Morgan fingerprint density at radius 1 is 1.14 bits per heavy atom. The van der Waals surface area contributed by atoms with Gasteiger partial charge in [0.05, 0.1) is 29.4 Å². The van der Waals surface area contributed by atoms with Crippen LogP contribution in [0.5, 0.6) is 0 Å². The summed E-state index contributed by atoms with van der Waals surface area (Å²) in [6.45, 7) is 5.92. The van der Waals surface area contributed by atoms with E-state index in [4.69, 9.17) is 11.4 Å². The molecule has 0 unspecified atom stereocenters. The lowest BCUT2D eigenvalue weighted by molar-refractivity contribution is -0.116. The minimum Gasteiger partial charge on any atom is -0.332 e. The maximum atomic E-state index is 13.5. The number of hydrogen-bond donors (Lipinski definition) is 1. The normalized spacial score (nSPS) is 10.9. The molecular weight excluding hydrogens is 438 g/mol. The fourth-order valence-electron chi connectivity index (χ4n) is 3.83. The topological polar surface area (TPSA) is 80.1 Å². The largest absolute Gasteiger partial charge is 0.332 e. The van der Waals surface area contributed by atoms with Gasteiger partial charge in [-0.1, -0.05) is 41.8 Å². The third kappa shape index (κ3) is 5.07. The summed E-state index contributed by atoms with van der Waals surface area (Å²) in [6.07, 6.45) is 7.09. The van der Waals surface area contributed by atoms with Crippen molar-refractivity contribution >= 4 is 28.5 Å². The molecule has 0 saturated carbocycles. The van der Waals surface area contributed by atoms with Gasteiger partial charge in [-0.15, -0.1) is 6.42 Å². The first-order valence-electron chi connectivity index (χ1n) is 11.3. The van der Waals surface area contributed by atoms with Crippen LogP contribution in [0, 0.1) is 19.3 Å². The van der Waals surface area contributed by atoms with E-state index in [2.05, 4.69) is 16.3 Å². The zero-order valence-corrected chi connectivity index (χ0v) is 20.2. The standard InChI is InChI=1S/C28H27N5O2/c1-6-20-8-7-9-22(14-20)30-26(34)17-32(5)28(35)23-15-25(21-12-10-19(4)11-13-21)31-27-24(23)16-29-33(27)18(2)3/h1,7-16,18H,17H2,2-5H3,(H,30,34). The molecule has 0 bridgehead atoms. The van der Waals surface area contributed by atoms with Crippen LogP contribution in [0.4, 0.5) is 5.69 Å². The lowest BCUT2D eigenvalue weighted by Crippen LogP contribution is -2.35. The lowest BCUT2D eigenvalue weighted by Gasteiger charge is -2.18. The Labute approximate surface area is 204 Å². The van der Waals surface area contributed by atoms with Crippen molar-refractivity contribution in [2.45, 2.75) is 26.8 Å². The summed E-state index contributed by atoms with van der Waals surface area (Å²) in [5.41, 5.74) is 5.03. The molecular formula is C28H27N5O2. The number of carbonyl (C=O) groups is 2. The van der Waals surface area contributed by atoms with Crippen LogP contribution in [0.1, 0.15) is 41.4 Å². The second-order valence-corrected chi connectivity index (χ2v) is 8.78. The predicted octanol–water partition coefficient (Wildman–Crippen LogP) is 4.68. The molecule has 7 nitrogen and oxygen atoms in total. The second kappa shape index (κ2) is 9.82. The summed E-state index contributed by atoms with van der Waals surface area (Å²) in [5.74, 6) is 1.93. The van der Waals surface area contributed by atoms with E-state index in [1.165, 1.54) is 4.90 Å². The zero-order valence-electron chi connectivity index (χ0n) is 20.2. The van der Waals surface area contributed by atoms with Crippen LogP contribution in [0.15, 0.2) is 60.8 Å². The number of carbonyl (C=O) groups excluding carboxylic acids is 2. The van der Waals surface area contributed by atoms with Crippen molar-refractivity contribution in [2.75, 3.05) is 18.9 Å². The second-order valence-electron chi connectivity index (χ2n) is 8.78. The van der Waals surface area contributed by atoms with Crippen LogP contribution in [-0.2, 0) is 4.79 Å². The maximum Gasteiger partial charge on any atom is 0.254 e. The van der Waals surface area contributed by atoms with Gasteiger partial charge in [0, 0.05) is 29.9 Å². The minimum atomic E-state index is -0.322. The number of hydrogen-bond acceptors (Lipinski definition) is 4. The van der Waals surface area contributed by atoms with Gasteiger partial charge in [0.2, 0.25) is 5.91 Å². The molecule has 4 aromatic rings. The van der Waals surface area contributed by atoms with Gasteiger partial charge >= 0.3 is 0 Å². The highest BCUT2D eigenvalue weighted by molar-refractivity contribution is 6.07. The molecule has 0 aliphatic heterocycles. The monoisotopic (exact) mass is 465 g/mol. The Kier molecular flexibility index (Phi) is 6.65. The molecule has 2 aromatic carbocycles.